The quantitative estimate of drug-likeness (QED) is 0.641. The van der Waals surface area contributed by atoms with E-state index in [9.17, 15) is 9.59 Å². The van der Waals surface area contributed by atoms with Crippen molar-refractivity contribution in [3.8, 4) is 0 Å². The van der Waals surface area contributed by atoms with E-state index in [1.807, 2.05) is 0 Å². The third kappa shape index (κ3) is 3.37. The Labute approximate surface area is 154 Å². The van der Waals surface area contributed by atoms with Gasteiger partial charge in [0.15, 0.2) is 5.78 Å². The Bertz CT molecular complexity index is 1000. The largest absolute Gasteiger partial charge is 0.366 e. The molecule has 2 aromatic heterocycles. The number of hydrogen-bond donors (Lipinski definition) is 2. The molecule has 27 heavy (non-hydrogen) atoms. The molecule has 3 N–H and O–H groups in total. The van der Waals surface area contributed by atoms with Crippen molar-refractivity contribution in [1.82, 2.24) is 19.9 Å². The van der Waals surface area contributed by atoms with E-state index in [0.29, 0.717) is 17.1 Å². The highest BCUT2D eigenvalue weighted by molar-refractivity contribution is 6.09. The Morgan fingerprint density at radius 3 is 2.33 bits per heavy atom. The molecule has 3 aromatic rings. The summed E-state index contributed by atoms with van der Waals surface area (Å²) in [6, 6.07) is 6.25. The summed E-state index contributed by atoms with van der Waals surface area (Å²) in [5, 5.41) is 3.28. The van der Waals surface area contributed by atoms with E-state index >= 15 is 0 Å². The van der Waals surface area contributed by atoms with Gasteiger partial charge in [-0.05, 0) is 25.0 Å². The van der Waals surface area contributed by atoms with Gasteiger partial charge in [-0.25, -0.2) is 9.97 Å². The van der Waals surface area contributed by atoms with Crippen LogP contribution in [0.5, 0.6) is 0 Å². The van der Waals surface area contributed by atoms with Gasteiger partial charge in [0, 0.05) is 35.9 Å². The summed E-state index contributed by atoms with van der Waals surface area (Å²) in [5.41, 5.74) is 6.77. The Morgan fingerprint density at radius 2 is 1.70 bits per heavy atom. The Morgan fingerprint density at radius 1 is 0.963 bits per heavy atom. The number of nitrogens with two attached hydrogens (primary N) is 1. The van der Waals surface area contributed by atoms with Crippen LogP contribution in [-0.2, 0) is 5.54 Å². The normalized spacial score (nSPS) is 14.4. The van der Waals surface area contributed by atoms with Crippen LogP contribution in [0.15, 0.2) is 55.2 Å². The van der Waals surface area contributed by atoms with E-state index in [-0.39, 0.29) is 16.9 Å². The molecule has 1 saturated carbocycles. The van der Waals surface area contributed by atoms with Crippen LogP contribution in [0.3, 0.4) is 0 Å². The van der Waals surface area contributed by atoms with Crippen molar-refractivity contribution in [3.63, 3.8) is 0 Å². The molecule has 1 aromatic carbocycles. The van der Waals surface area contributed by atoms with E-state index in [1.165, 1.54) is 18.5 Å². The zero-order valence-corrected chi connectivity index (χ0v) is 14.3. The molecule has 2 heterocycles. The lowest BCUT2D eigenvalue weighted by molar-refractivity contribution is 0.1000. The molecular formula is C19H16N6O2. The minimum absolute atomic E-state index is 0.278. The van der Waals surface area contributed by atoms with E-state index in [0.717, 1.165) is 18.5 Å². The third-order valence-corrected chi connectivity index (χ3v) is 4.48. The van der Waals surface area contributed by atoms with E-state index < -0.39 is 5.91 Å². The van der Waals surface area contributed by atoms with Gasteiger partial charge in [-0.3, -0.25) is 19.6 Å². The van der Waals surface area contributed by atoms with Crippen LogP contribution in [0.1, 0.15) is 44.8 Å². The van der Waals surface area contributed by atoms with Gasteiger partial charge in [0.25, 0.3) is 0 Å². The number of carbonyl (C=O) groups excluding carboxylic acids is 2. The van der Waals surface area contributed by atoms with E-state index in [1.54, 1.807) is 36.8 Å². The topological polar surface area (TPSA) is 124 Å². The summed E-state index contributed by atoms with van der Waals surface area (Å²) < 4.78 is 0. The highest BCUT2D eigenvalue weighted by Gasteiger charge is 2.46. The van der Waals surface area contributed by atoms with Gasteiger partial charge in [-0.15, -0.1) is 0 Å². The van der Waals surface area contributed by atoms with Crippen LogP contribution < -0.4 is 11.1 Å². The number of aromatic nitrogens is 4. The van der Waals surface area contributed by atoms with Crippen LogP contribution in [0.4, 0.5) is 5.95 Å². The minimum atomic E-state index is -0.584. The van der Waals surface area contributed by atoms with Gasteiger partial charge in [-0.1, -0.05) is 12.1 Å². The predicted octanol–water partition coefficient (Wildman–Crippen LogP) is 1.70. The fraction of sp³-hybridized carbons (Fsp3) is 0.158. The molecule has 1 amide bonds. The van der Waals surface area contributed by atoms with Crippen LogP contribution in [0.25, 0.3) is 0 Å². The predicted molar refractivity (Wildman–Crippen MR) is 97.0 cm³/mol. The summed E-state index contributed by atoms with van der Waals surface area (Å²) in [4.78, 5) is 40.8. The highest BCUT2D eigenvalue weighted by Crippen LogP contribution is 2.46. The maximum atomic E-state index is 12.6. The first-order valence-electron chi connectivity index (χ1n) is 8.39. The number of ketones is 1. The summed E-state index contributed by atoms with van der Waals surface area (Å²) >= 11 is 0. The maximum absolute atomic E-state index is 12.6. The number of carbonyl (C=O) groups is 2. The van der Waals surface area contributed by atoms with Gasteiger partial charge < -0.3 is 11.1 Å². The molecule has 0 atom stereocenters. The number of rotatable bonds is 6. The number of amides is 1. The molecule has 1 aliphatic carbocycles. The van der Waals surface area contributed by atoms with Gasteiger partial charge in [-0.2, -0.15) is 0 Å². The second-order valence-electron chi connectivity index (χ2n) is 6.37. The van der Waals surface area contributed by atoms with Crippen LogP contribution in [0, 0.1) is 0 Å². The smallest absolute Gasteiger partial charge is 0.248 e. The Hall–Kier alpha value is -3.68. The molecule has 1 fully saturated rings. The Balaban J connectivity index is 1.52. The standard InChI is InChI=1S/C19H16N6O2/c20-17(27)13-3-1-2-12(8-13)16(26)14-9-23-18(24-10-14)25-19(4-5-19)15-11-21-6-7-22-15/h1-3,6-11H,4-5H2,(H2,20,27)(H,23,24,25). The van der Waals surface area contributed by atoms with E-state index in [2.05, 4.69) is 25.3 Å². The second-order valence-corrected chi connectivity index (χ2v) is 6.37. The van der Waals surface area contributed by atoms with Crippen molar-refractivity contribution in [3.05, 3.63) is 77.6 Å². The van der Waals surface area contributed by atoms with Crippen molar-refractivity contribution in [1.29, 1.82) is 0 Å². The number of hydrogen-bond acceptors (Lipinski definition) is 7. The first kappa shape index (κ1) is 16.8. The first-order valence-corrected chi connectivity index (χ1v) is 8.39. The zero-order valence-electron chi connectivity index (χ0n) is 14.3. The lowest BCUT2D eigenvalue weighted by atomic mass is 10.0. The van der Waals surface area contributed by atoms with E-state index in [4.69, 9.17) is 5.73 Å². The summed E-state index contributed by atoms with van der Waals surface area (Å²) in [6.07, 6.45) is 9.75. The zero-order chi connectivity index (χ0) is 18.9. The molecule has 0 saturated heterocycles. The molecule has 0 bridgehead atoms. The first-order chi connectivity index (χ1) is 13.1. The lowest BCUT2D eigenvalue weighted by Crippen LogP contribution is -2.22. The number of nitrogens with zero attached hydrogens (tertiary/aromatic N) is 4. The summed E-state index contributed by atoms with van der Waals surface area (Å²) in [6.45, 7) is 0. The second kappa shape index (κ2) is 6.56. The SMILES string of the molecule is NC(=O)c1cccc(C(=O)c2cnc(NC3(c4cnccn4)CC3)nc2)c1. The van der Waals surface area contributed by atoms with Crippen LogP contribution in [-0.4, -0.2) is 31.6 Å². The van der Waals surface area contributed by atoms with Crippen molar-refractivity contribution >= 4 is 17.6 Å². The lowest BCUT2D eigenvalue weighted by Gasteiger charge is -2.16. The minimum Gasteiger partial charge on any atom is -0.366 e. The number of benzene rings is 1. The molecule has 0 unspecified atom stereocenters. The van der Waals surface area contributed by atoms with Crippen molar-refractivity contribution < 1.29 is 9.59 Å². The molecule has 1 aliphatic rings. The molecule has 134 valence electrons. The monoisotopic (exact) mass is 360 g/mol. The van der Waals surface area contributed by atoms with Crippen molar-refractivity contribution in [2.75, 3.05) is 5.32 Å². The molecule has 8 nitrogen and oxygen atoms in total. The average Bonchev–Trinajstić information content (AvgIpc) is 3.49. The molecule has 0 radical (unpaired) electrons. The van der Waals surface area contributed by atoms with Crippen molar-refractivity contribution in [2.45, 2.75) is 18.4 Å². The highest BCUT2D eigenvalue weighted by atomic mass is 16.1. The Kier molecular flexibility index (Phi) is 4.08. The number of anilines is 1. The van der Waals surface area contributed by atoms with Gasteiger partial charge >= 0.3 is 0 Å². The number of primary amides is 1. The fourth-order valence-corrected chi connectivity index (χ4v) is 2.82. The number of nitrogens with one attached hydrogen (secondary N) is 1. The molecule has 0 spiro atoms. The van der Waals surface area contributed by atoms with Gasteiger partial charge in [0.2, 0.25) is 11.9 Å². The molecular weight excluding hydrogens is 344 g/mol. The third-order valence-electron chi connectivity index (χ3n) is 4.48. The van der Waals surface area contributed by atoms with Crippen molar-refractivity contribution in [2.24, 2.45) is 5.73 Å². The van der Waals surface area contributed by atoms with Crippen LogP contribution in [0.2, 0.25) is 0 Å². The van der Waals surface area contributed by atoms with Crippen LogP contribution >= 0.6 is 0 Å². The van der Waals surface area contributed by atoms with Gasteiger partial charge in [0.1, 0.15) is 0 Å². The molecule has 0 aliphatic heterocycles. The summed E-state index contributed by atoms with van der Waals surface area (Å²) in [5.74, 6) is -0.445. The summed E-state index contributed by atoms with van der Waals surface area (Å²) in [7, 11) is 0. The molecule has 4 rings (SSSR count). The maximum Gasteiger partial charge on any atom is 0.248 e. The van der Waals surface area contributed by atoms with Gasteiger partial charge in [0.05, 0.1) is 23.0 Å². The fourth-order valence-electron chi connectivity index (χ4n) is 2.82. The average molecular weight is 360 g/mol. The molecule has 8 heteroatoms.